The molecule has 14 heavy (non-hydrogen) atoms. The van der Waals surface area contributed by atoms with Crippen molar-refractivity contribution in [2.75, 3.05) is 6.61 Å². The minimum atomic E-state index is -0.220. The average molecular weight is 194 g/mol. The molecule has 76 valence electrons. The second-order valence-corrected chi connectivity index (χ2v) is 3.94. The van der Waals surface area contributed by atoms with Crippen molar-refractivity contribution < 1.29 is 14.3 Å². The molecular weight excluding hydrogens is 180 g/mol. The van der Waals surface area contributed by atoms with E-state index >= 15 is 0 Å². The number of hydrogen-bond donors (Lipinski definition) is 0. The first-order chi connectivity index (χ1) is 6.77. The van der Waals surface area contributed by atoms with Gasteiger partial charge in [0.15, 0.2) is 0 Å². The van der Waals surface area contributed by atoms with Crippen molar-refractivity contribution in [3.63, 3.8) is 0 Å². The number of rotatable bonds is 3. The quantitative estimate of drug-likeness (QED) is 0.385. The lowest BCUT2D eigenvalue weighted by Gasteiger charge is -2.21. The maximum atomic E-state index is 11.6. The summed E-state index contributed by atoms with van der Waals surface area (Å²) in [6.45, 7) is 2.18. The van der Waals surface area contributed by atoms with Crippen LogP contribution in [0.15, 0.2) is 12.2 Å². The Hall–Kier alpha value is -1.12. The van der Waals surface area contributed by atoms with Gasteiger partial charge in [-0.3, -0.25) is 4.79 Å². The molecule has 0 aliphatic heterocycles. The maximum absolute atomic E-state index is 11.6. The Kier molecular flexibility index (Phi) is 2.40. The summed E-state index contributed by atoms with van der Waals surface area (Å²) < 4.78 is 4.98. The first-order valence-corrected chi connectivity index (χ1v) is 5.08. The number of ether oxygens (including phenoxy) is 1. The number of allylic oxidation sites excluding steroid dienone is 2. The van der Waals surface area contributed by atoms with Gasteiger partial charge in [0.25, 0.3) is 0 Å². The molecule has 3 nitrogen and oxygen atoms in total. The van der Waals surface area contributed by atoms with E-state index in [1.807, 2.05) is 6.08 Å². The van der Waals surface area contributed by atoms with Gasteiger partial charge in [-0.05, 0) is 25.2 Å². The molecule has 2 bridgehead atoms. The number of carbonyl (C=O) groups excluding carboxylic acids is 2. The Morgan fingerprint density at radius 2 is 2.21 bits per heavy atom. The lowest BCUT2D eigenvalue weighted by molar-refractivity contribution is -0.151. The molecule has 4 atom stereocenters. The molecule has 0 radical (unpaired) electrons. The van der Waals surface area contributed by atoms with Crippen molar-refractivity contribution >= 4 is 12.3 Å². The SMILES string of the molecule is CCOC(=O)[C@H]1[C@H](C=O)[C@@H]2C=C[C@H]1C2. The lowest BCUT2D eigenvalue weighted by atomic mass is 9.84. The predicted molar refractivity (Wildman–Crippen MR) is 50.4 cm³/mol. The van der Waals surface area contributed by atoms with Crippen molar-refractivity contribution in [2.45, 2.75) is 13.3 Å². The summed E-state index contributed by atoms with van der Waals surface area (Å²) in [7, 11) is 0. The van der Waals surface area contributed by atoms with Crippen LogP contribution in [0.2, 0.25) is 0 Å². The van der Waals surface area contributed by atoms with Crippen LogP contribution >= 0.6 is 0 Å². The lowest BCUT2D eigenvalue weighted by Crippen LogP contribution is -2.30. The van der Waals surface area contributed by atoms with Gasteiger partial charge < -0.3 is 9.53 Å². The minimum Gasteiger partial charge on any atom is -0.466 e. The summed E-state index contributed by atoms with van der Waals surface area (Å²) in [4.78, 5) is 22.5. The second-order valence-electron chi connectivity index (χ2n) is 3.94. The van der Waals surface area contributed by atoms with E-state index in [4.69, 9.17) is 4.74 Å². The van der Waals surface area contributed by atoms with Crippen molar-refractivity contribution in [1.82, 2.24) is 0 Å². The highest BCUT2D eigenvalue weighted by Crippen LogP contribution is 2.47. The molecule has 0 aromatic rings. The maximum Gasteiger partial charge on any atom is 0.310 e. The molecule has 1 saturated carbocycles. The van der Waals surface area contributed by atoms with Gasteiger partial charge in [-0.15, -0.1) is 0 Å². The fraction of sp³-hybridized carbons (Fsp3) is 0.636. The van der Waals surface area contributed by atoms with E-state index < -0.39 is 0 Å². The topological polar surface area (TPSA) is 43.4 Å². The first kappa shape index (κ1) is 9.44. The Balaban J connectivity index is 2.14. The van der Waals surface area contributed by atoms with Gasteiger partial charge >= 0.3 is 5.97 Å². The van der Waals surface area contributed by atoms with Crippen molar-refractivity contribution in [2.24, 2.45) is 23.7 Å². The summed E-state index contributed by atoms with van der Waals surface area (Å²) in [5.74, 6) is -0.0749. The monoisotopic (exact) mass is 194 g/mol. The highest BCUT2D eigenvalue weighted by Gasteiger charge is 2.48. The predicted octanol–water partition coefficient (Wildman–Crippen LogP) is 1.19. The zero-order chi connectivity index (χ0) is 10.1. The number of fused-ring (bicyclic) bond motifs is 2. The molecule has 0 aromatic heterocycles. The van der Waals surface area contributed by atoms with Gasteiger partial charge in [-0.25, -0.2) is 0 Å². The Bertz CT molecular complexity index is 282. The van der Waals surface area contributed by atoms with E-state index in [2.05, 4.69) is 6.08 Å². The summed E-state index contributed by atoms with van der Waals surface area (Å²) >= 11 is 0. The number of carbonyl (C=O) groups is 2. The Morgan fingerprint density at radius 1 is 1.50 bits per heavy atom. The number of esters is 1. The van der Waals surface area contributed by atoms with Crippen molar-refractivity contribution in [1.29, 1.82) is 0 Å². The highest BCUT2D eigenvalue weighted by molar-refractivity contribution is 5.79. The van der Waals surface area contributed by atoms with E-state index in [1.165, 1.54) is 0 Å². The van der Waals surface area contributed by atoms with E-state index in [1.54, 1.807) is 6.92 Å². The van der Waals surface area contributed by atoms with Crippen molar-refractivity contribution in [3.05, 3.63) is 12.2 Å². The third-order valence-corrected chi connectivity index (χ3v) is 3.24. The molecule has 0 N–H and O–H groups in total. The molecule has 3 heteroatoms. The zero-order valence-electron chi connectivity index (χ0n) is 8.18. The fourth-order valence-corrected chi connectivity index (χ4v) is 2.62. The minimum absolute atomic E-state index is 0.149. The van der Waals surface area contributed by atoms with Crippen LogP contribution in [0.5, 0.6) is 0 Å². The van der Waals surface area contributed by atoms with Gasteiger partial charge in [0.2, 0.25) is 0 Å². The van der Waals surface area contributed by atoms with Crippen LogP contribution in [0, 0.1) is 23.7 Å². The number of aldehydes is 1. The molecule has 0 unspecified atom stereocenters. The third kappa shape index (κ3) is 1.27. The van der Waals surface area contributed by atoms with Gasteiger partial charge in [0, 0.05) is 5.92 Å². The zero-order valence-corrected chi connectivity index (χ0v) is 8.18. The molecule has 1 fully saturated rings. The molecule has 0 amide bonds. The summed E-state index contributed by atoms with van der Waals surface area (Å²) in [6, 6.07) is 0. The molecule has 0 aromatic carbocycles. The molecule has 0 heterocycles. The van der Waals surface area contributed by atoms with Crippen LogP contribution in [0.25, 0.3) is 0 Å². The molecule has 2 aliphatic rings. The summed E-state index contributed by atoms with van der Waals surface area (Å²) in [5.41, 5.74) is 0. The molecular formula is C11H14O3. The van der Waals surface area contributed by atoms with Gasteiger partial charge in [-0.2, -0.15) is 0 Å². The van der Waals surface area contributed by atoms with Crippen LogP contribution in [0.4, 0.5) is 0 Å². The molecule has 2 aliphatic carbocycles. The van der Waals surface area contributed by atoms with Crippen LogP contribution in [-0.2, 0) is 14.3 Å². The van der Waals surface area contributed by atoms with Gasteiger partial charge in [-0.1, -0.05) is 12.2 Å². The van der Waals surface area contributed by atoms with Crippen LogP contribution in [0.3, 0.4) is 0 Å². The highest BCUT2D eigenvalue weighted by atomic mass is 16.5. The van der Waals surface area contributed by atoms with E-state index in [0.29, 0.717) is 6.61 Å². The van der Waals surface area contributed by atoms with Gasteiger partial charge in [0.05, 0.1) is 12.5 Å². The standard InChI is InChI=1S/C11H14O3/c1-2-14-11(13)10-8-4-3-7(5-8)9(10)6-12/h3-4,6-10H,2,5H2,1H3/t7-,8+,9-,10-/m1/s1. The Morgan fingerprint density at radius 3 is 2.86 bits per heavy atom. The third-order valence-electron chi connectivity index (χ3n) is 3.24. The first-order valence-electron chi connectivity index (χ1n) is 5.08. The van der Waals surface area contributed by atoms with Crippen LogP contribution in [0.1, 0.15) is 13.3 Å². The largest absolute Gasteiger partial charge is 0.466 e. The average Bonchev–Trinajstić information content (AvgIpc) is 2.76. The normalized spacial score (nSPS) is 38.6. The number of hydrogen-bond acceptors (Lipinski definition) is 3. The van der Waals surface area contributed by atoms with Gasteiger partial charge in [0.1, 0.15) is 6.29 Å². The Labute approximate surface area is 83.1 Å². The van der Waals surface area contributed by atoms with E-state index in [-0.39, 0.29) is 29.6 Å². The second kappa shape index (κ2) is 3.56. The smallest absolute Gasteiger partial charge is 0.310 e. The fourth-order valence-electron chi connectivity index (χ4n) is 2.62. The molecule has 0 saturated heterocycles. The van der Waals surface area contributed by atoms with Crippen LogP contribution < -0.4 is 0 Å². The van der Waals surface area contributed by atoms with Crippen molar-refractivity contribution in [3.8, 4) is 0 Å². The van der Waals surface area contributed by atoms with Crippen LogP contribution in [-0.4, -0.2) is 18.9 Å². The summed E-state index contributed by atoms with van der Waals surface area (Å²) in [5, 5.41) is 0. The summed E-state index contributed by atoms with van der Waals surface area (Å²) in [6.07, 6.45) is 5.95. The van der Waals surface area contributed by atoms with E-state index in [9.17, 15) is 9.59 Å². The molecule has 2 rings (SSSR count). The molecule has 0 spiro atoms. The van der Waals surface area contributed by atoms with E-state index in [0.717, 1.165) is 12.7 Å².